The van der Waals surface area contributed by atoms with E-state index in [1.807, 2.05) is 19.1 Å². The summed E-state index contributed by atoms with van der Waals surface area (Å²) in [4.78, 5) is 4.16. The lowest BCUT2D eigenvalue weighted by molar-refractivity contribution is 0.110. The van der Waals surface area contributed by atoms with E-state index in [1.54, 1.807) is 13.3 Å². The second-order valence-electron chi connectivity index (χ2n) is 2.69. The van der Waals surface area contributed by atoms with Gasteiger partial charge in [0.05, 0.1) is 6.10 Å². The average molecular weight is 166 g/mol. The van der Waals surface area contributed by atoms with E-state index in [-0.39, 0.29) is 6.10 Å². The van der Waals surface area contributed by atoms with Gasteiger partial charge in [0.1, 0.15) is 0 Å². The summed E-state index contributed by atoms with van der Waals surface area (Å²) < 4.78 is 5.16. The molecule has 0 saturated carbocycles. The molecule has 66 valence electrons. The number of hydrogen-bond acceptors (Lipinski definition) is 3. The van der Waals surface area contributed by atoms with E-state index in [0.29, 0.717) is 6.54 Å². The zero-order chi connectivity index (χ0) is 8.97. The third-order valence-electron chi connectivity index (χ3n) is 1.80. The number of rotatable bonds is 3. The molecule has 1 rings (SSSR count). The van der Waals surface area contributed by atoms with Gasteiger partial charge in [0, 0.05) is 31.1 Å². The Hall–Kier alpha value is -0.930. The molecule has 0 aliphatic rings. The third-order valence-corrected chi connectivity index (χ3v) is 1.80. The third kappa shape index (κ3) is 2.03. The predicted molar refractivity (Wildman–Crippen MR) is 47.8 cm³/mol. The monoisotopic (exact) mass is 166 g/mol. The number of methoxy groups -OCH3 is 1. The quantitative estimate of drug-likeness (QED) is 0.729. The Labute approximate surface area is 72.6 Å². The smallest absolute Gasteiger partial charge is 0.0958 e. The molecule has 0 radical (unpaired) electrons. The van der Waals surface area contributed by atoms with Crippen molar-refractivity contribution in [3.63, 3.8) is 0 Å². The zero-order valence-corrected chi connectivity index (χ0v) is 7.45. The number of nitrogens with zero attached hydrogens (tertiary/aromatic N) is 1. The highest BCUT2D eigenvalue weighted by Gasteiger charge is 2.06. The van der Waals surface area contributed by atoms with Gasteiger partial charge < -0.3 is 10.5 Å². The lowest BCUT2D eigenvalue weighted by Gasteiger charge is -2.12. The van der Waals surface area contributed by atoms with E-state index < -0.39 is 0 Å². The standard InChI is InChI=1S/C9H14N2O/c1-7-3-4-8(6-11-7)9(5-10)12-2/h3-4,6,9H,5,10H2,1-2H3. The molecule has 12 heavy (non-hydrogen) atoms. The molecule has 1 atom stereocenters. The summed E-state index contributed by atoms with van der Waals surface area (Å²) in [5, 5.41) is 0. The molecule has 0 aliphatic carbocycles. The molecule has 1 aromatic rings. The van der Waals surface area contributed by atoms with Gasteiger partial charge in [0.15, 0.2) is 0 Å². The molecule has 0 aromatic carbocycles. The molecule has 3 nitrogen and oxygen atoms in total. The Morgan fingerprint density at radius 1 is 1.58 bits per heavy atom. The summed E-state index contributed by atoms with van der Waals surface area (Å²) in [6, 6.07) is 3.94. The van der Waals surface area contributed by atoms with E-state index >= 15 is 0 Å². The second-order valence-corrected chi connectivity index (χ2v) is 2.69. The van der Waals surface area contributed by atoms with Crippen LogP contribution in [0.25, 0.3) is 0 Å². The Bertz CT molecular complexity index is 229. The molecule has 3 heteroatoms. The second kappa shape index (κ2) is 4.18. The minimum Gasteiger partial charge on any atom is -0.375 e. The maximum Gasteiger partial charge on any atom is 0.0958 e. The number of hydrogen-bond donors (Lipinski definition) is 1. The molecular weight excluding hydrogens is 152 g/mol. The number of aromatic nitrogens is 1. The van der Waals surface area contributed by atoms with Gasteiger partial charge in [-0.2, -0.15) is 0 Å². The van der Waals surface area contributed by atoms with Crippen LogP contribution in [0.2, 0.25) is 0 Å². The van der Waals surface area contributed by atoms with Crippen LogP contribution in [0.4, 0.5) is 0 Å². The van der Waals surface area contributed by atoms with Crippen molar-refractivity contribution in [3.8, 4) is 0 Å². The number of aryl methyl sites for hydroxylation is 1. The first-order valence-corrected chi connectivity index (χ1v) is 3.93. The first-order valence-electron chi connectivity index (χ1n) is 3.93. The van der Waals surface area contributed by atoms with Crippen LogP contribution >= 0.6 is 0 Å². The van der Waals surface area contributed by atoms with Crippen molar-refractivity contribution in [2.24, 2.45) is 5.73 Å². The molecule has 0 spiro atoms. The Morgan fingerprint density at radius 2 is 2.33 bits per heavy atom. The number of ether oxygens (including phenoxy) is 1. The van der Waals surface area contributed by atoms with Crippen LogP contribution in [-0.2, 0) is 4.74 Å². The lowest BCUT2D eigenvalue weighted by Crippen LogP contribution is -2.14. The van der Waals surface area contributed by atoms with E-state index in [2.05, 4.69) is 4.98 Å². The van der Waals surface area contributed by atoms with Gasteiger partial charge in [-0.15, -0.1) is 0 Å². The van der Waals surface area contributed by atoms with Crippen molar-refractivity contribution in [1.82, 2.24) is 4.98 Å². The summed E-state index contributed by atoms with van der Waals surface area (Å²) in [6.45, 7) is 2.44. The predicted octanol–water partition coefficient (Wildman–Crippen LogP) is 1.04. The van der Waals surface area contributed by atoms with Crippen molar-refractivity contribution in [3.05, 3.63) is 29.6 Å². The van der Waals surface area contributed by atoms with Crippen LogP contribution in [0.1, 0.15) is 17.4 Å². The van der Waals surface area contributed by atoms with Gasteiger partial charge in [-0.1, -0.05) is 6.07 Å². The lowest BCUT2D eigenvalue weighted by atomic mass is 10.1. The van der Waals surface area contributed by atoms with Gasteiger partial charge in [-0.25, -0.2) is 0 Å². The summed E-state index contributed by atoms with van der Waals surface area (Å²) >= 11 is 0. The Morgan fingerprint density at radius 3 is 2.75 bits per heavy atom. The largest absolute Gasteiger partial charge is 0.375 e. The van der Waals surface area contributed by atoms with Crippen molar-refractivity contribution in [2.45, 2.75) is 13.0 Å². The van der Waals surface area contributed by atoms with Gasteiger partial charge in [0.25, 0.3) is 0 Å². The summed E-state index contributed by atoms with van der Waals surface area (Å²) in [7, 11) is 1.65. The van der Waals surface area contributed by atoms with Crippen molar-refractivity contribution in [2.75, 3.05) is 13.7 Å². The van der Waals surface area contributed by atoms with Crippen LogP contribution < -0.4 is 5.73 Å². The van der Waals surface area contributed by atoms with Crippen molar-refractivity contribution < 1.29 is 4.74 Å². The zero-order valence-electron chi connectivity index (χ0n) is 7.45. The summed E-state index contributed by atoms with van der Waals surface area (Å²) in [6.07, 6.45) is 1.77. The maximum atomic E-state index is 5.50. The van der Waals surface area contributed by atoms with Gasteiger partial charge in [-0.3, -0.25) is 4.98 Å². The molecule has 1 aromatic heterocycles. The molecule has 0 fully saturated rings. The van der Waals surface area contributed by atoms with Gasteiger partial charge >= 0.3 is 0 Å². The van der Waals surface area contributed by atoms with Crippen molar-refractivity contribution in [1.29, 1.82) is 0 Å². The summed E-state index contributed by atoms with van der Waals surface area (Å²) in [5.41, 5.74) is 7.54. The van der Waals surface area contributed by atoms with E-state index in [9.17, 15) is 0 Å². The van der Waals surface area contributed by atoms with Crippen LogP contribution in [0.3, 0.4) is 0 Å². The first-order chi connectivity index (χ1) is 5.77. The highest BCUT2D eigenvalue weighted by Crippen LogP contribution is 2.13. The first kappa shape index (κ1) is 9.16. The Kier molecular flexibility index (Phi) is 3.19. The molecule has 1 heterocycles. The van der Waals surface area contributed by atoms with Crippen LogP contribution in [0, 0.1) is 6.92 Å². The molecule has 1 unspecified atom stereocenters. The fourth-order valence-corrected chi connectivity index (χ4v) is 1.04. The number of pyridine rings is 1. The topological polar surface area (TPSA) is 48.1 Å². The summed E-state index contributed by atoms with van der Waals surface area (Å²) in [5.74, 6) is 0. The molecule has 0 saturated heterocycles. The molecule has 2 N–H and O–H groups in total. The molecule has 0 aliphatic heterocycles. The normalized spacial score (nSPS) is 12.9. The minimum atomic E-state index is -0.0295. The van der Waals surface area contributed by atoms with E-state index in [0.717, 1.165) is 11.3 Å². The highest BCUT2D eigenvalue weighted by molar-refractivity contribution is 5.16. The van der Waals surface area contributed by atoms with E-state index in [1.165, 1.54) is 0 Å². The fraction of sp³-hybridized carbons (Fsp3) is 0.444. The number of nitrogens with two attached hydrogens (primary N) is 1. The maximum absolute atomic E-state index is 5.50. The molecule has 0 amide bonds. The van der Waals surface area contributed by atoms with Gasteiger partial charge in [0.2, 0.25) is 0 Å². The van der Waals surface area contributed by atoms with E-state index in [4.69, 9.17) is 10.5 Å². The van der Waals surface area contributed by atoms with Crippen LogP contribution in [0.15, 0.2) is 18.3 Å². The van der Waals surface area contributed by atoms with Crippen LogP contribution in [0.5, 0.6) is 0 Å². The molecular formula is C9H14N2O. The van der Waals surface area contributed by atoms with Crippen LogP contribution in [-0.4, -0.2) is 18.6 Å². The van der Waals surface area contributed by atoms with Crippen molar-refractivity contribution >= 4 is 0 Å². The minimum absolute atomic E-state index is 0.0295. The highest BCUT2D eigenvalue weighted by atomic mass is 16.5. The average Bonchev–Trinajstić information content (AvgIpc) is 2.10. The van der Waals surface area contributed by atoms with Gasteiger partial charge in [-0.05, 0) is 13.0 Å². The fourth-order valence-electron chi connectivity index (χ4n) is 1.04. The SMILES string of the molecule is COC(CN)c1ccc(C)nc1. The Balaban J connectivity index is 2.80. The molecule has 0 bridgehead atoms.